The van der Waals surface area contributed by atoms with Crippen molar-refractivity contribution in [1.82, 2.24) is 0 Å². The van der Waals surface area contributed by atoms with Gasteiger partial charge in [0.2, 0.25) is 0 Å². The van der Waals surface area contributed by atoms with Crippen molar-refractivity contribution in [1.29, 1.82) is 0 Å². The topological polar surface area (TPSA) is 0 Å². The van der Waals surface area contributed by atoms with Crippen LogP contribution in [0.15, 0.2) is 42.5 Å². The molecule has 0 nitrogen and oxygen atoms in total. The van der Waals surface area contributed by atoms with Crippen LogP contribution in [0.5, 0.6) is 0 Å². The summed E-state index contributed by atoms with van der Waals surface area (Å²) in [5, 5.41) is 0. The Hall–Kier alpha value is -0.416. The van der Waals surface area contributed by atoms with Crippen LogP contribution in [0.1, 0.15) is 15.3 Å². The fourth-order valence-corrected chi connectivity index (χ4v) is 1.88. The molecule has 0 amide bonds. The zero-order valence-electron chi connectivity index (χ0n) is 8.53. The maximum absolute atomic E-state index is 3.15. The number of thiophene rings is 1. The third-order valence-corrected chi connectivity index (χ3v) is 2.76. The van der Waals surface area contributed by atoms with E-state index in [4.69, 9.17) is 0 Å². The summed E-state index contributed by atoms with van der Waals surface area (Å²) in [6, 6.07) is 14.2. The van der Waals surface area contributed by atoms with E-state index in [0.29, 0.717) is 0 Å². The molecule has 2 heteroatoms. The average Bonchev–Trinajstić information content (AvgIpc) is 2.63. The molecule has 1 aromatic heterocycles. The van der Waals surface area contributed by atoms with E-state index in [0.717, 1.165) is 10.4 Å². The predicted octanol–water partition coefficient (Wildman–Crippen LogP) is 3.45. The van der Waals surface area contributed by atoms with Crippen LogP contribution in [-0.4, -0.2) is 0 Å². The van der Waals surface area contributed by atoms with Crippen LogP contribution in [0, 0.1) is 18.8 Å². The zero-order valence-corrected chi connectivity index (χ0v) is 12.2. The summed E-state index contributed by atoms with van der Waals surface area (Å²) in [5.41, 5.74) is 1.07. The first kappa shape index (κ1) is 12.7. The molecule has 1 radical (unpaired) electrons. The molecule has 2 rings (SSSR count). The van der Waals surface area contributed by atoms with E-state index in [1.54, 1.807) is 11.3 Å². The molecular formula is C13H10SY. The zero-order chi connectivity index (χ0) is 9.80. The van der Waals surface area contributed by atoms with Gasteiger partial charge in [0.1, 0.15) is 0 Å². The molecule has 0 saturated heterocycles. The van der Waals surface area contributed by atoms with E-state index in [1.807, 2.05) is 30.3 Å². The Morgan fingerprint density at radius 3 is 2.27 bits per heavy atom. The minimum absolute atomic E-state index is 0. The van der Waals surface area contributed by atoms with Crippen LogP contribution in [-0.2, 0) is 32.7 Å². The van der Waals surface area contributed by atoms with E-state index in [9.17, 15) is 0 Å². The van der Waals surface area contributed by atoms with Gasteiger partial charge < -0.3 is 0 Å². The van der Waals surface area contributed by atoms with Crippen molar-refractivity contribution in [2.24, 2.45) is 0 Å². The molecule has 1 aromatic carbocycles. The maximum Gasteiger partial charge on any atom is 0.0775 e. The molecule has 0 aliphatic rings. The summed E-state index contributed by atoms with van der Waals surface area (Å²) in [7, 11) is 0. The average molecular weight is 287 g/mol. The van der Waals surface area contributed by atoms with Crippen LogP contribution in [0.25, 0.3) is 0 Å². The maximum atomic E-state index is 3.15. The first-order valence-electron chi connectivity index (χ1n) is 4.48. The molecule has 0 atom stereocenters. The Morgan fingerprint density at radius 2 is 1.67 bits per heavy atom. The van der Waals surface area contributed by atoms with Crippen molar-refractivity contribution < 1.29 is 32.7 Å². The summed E-state index contributed by atoms with van der Waals surface area (Å²) in [4.78, 5) is 2.44. The molecule has 71 valence electrons. The van der Waals surface area contributed by atoms with Crippen molar-refractivity contribution >= 4 is 11.3 Å². The van der Waals surface area contributed by atoms with E-state index in [-0.39, 0.29) is 32.7 Å². The Balaban J connectivity index is 0.00000112. The van der Waals surface area contributed by atoms with Gasteiger partial charge in [-0.3, -0.25) is 0 Å². The molecule has 0 unspecified atom stereocenters. The van der Waals surface area contributed by atoms with Crippen LogP contribution in [0.2, 0.25) is 0 Å². The van der Waals surface area contributed by atoms with Crippen molar-refractivity contribution in [2.45, 2.75) is 6.92 Å². The molecule has 1 heterocycles. The van der Waals surface area contributed by atoms with E-state index >= 15 is 0 Å². The van der Waals surface area contributed by atoms with Crippen molar-refractivity contribution in [3.63, 3.8) is 0 Å². The first-order valence-corrected chi connectivity index (χ1v) is 5.30. The van der Waals surface area contributed by atoms with Crippen LogP contribution >= 0.6 is 11.3 Å². The summed E-state index contributed by atoms with van der Waals surface area (Å²) in [6.45, 7) is 2.10. The number of aryl methyl sites for hydroxylation is 1. The SMILES string of the molecule is Cc1ccc(C#Cc2ccccc2)s1.[Y]. The van der Waals surface area contributed by atoms with Gasteiger partial charge in [-0.25, -0.2) is 0 Å². The van der Waals surface area contributed by atoms with E-state index in [2.05, 4.69) is 30.9 Å². The predicted molar refractivity (Wildman–Crippen MR) is 61.5 cm³/mol. The number of rotatable bonds is 0. The van der Waals surface area contributed by atoms with Gasteiger partial charge in [-0.2, -0.15) is 0 Å². The smallest absolute Gasteiger partial charge is 0.0775 e. The molecule has 15 heavy (non-hydrogen) atoms. The standard InChI is InChI=1S/C13H10S.Y/c1-11-7-9-13(14-11)10-8-12-5-3-2-4-6-12;/h2-7,9H,1H3;. The van der Waals surface area contributed by atoms with Gasteiger partial charge >= 0.3 is 0 Å². The van der Waals surface area contributed by atoms with Crippen molar-refractivity contribution in [3.05, 3.63) is 57.8 Å². The van der Waals surface area contributed by atoms with Crippen LogP contribution < -0.4 is 0 Å². The summed E-state index contributed by atoms with van der Waals surface area (Å²) < 4.78 is 0. The van der Waals surface area contributed by atoms with Crippen molar-refractivity contribution in [3.8, 4) is 11.8 Å². The summed E-state index contributed by atoms with van der Waals surface area (Å²) in [6.07, 6.45) is 0. The minimum Gasteiger partial charge on any atom is -0.132 e. The molecule has 0 saturated carbocycles. The summed E-state index contributed by atoms with van der Waals surface area (Å²) >= 11 is 1.73. The molecule has 0 aliphatic carbocycles. The Kier molecular flexibility index (Phi) is 5.25. The molecule has 0 spiro atoms. The van der Waals surface area contributed by atoms with Crippen molar-refractivity contribution in [2.75, 3.05) is 0 Å². The summed E-state index contributed by atoms with van der Waals surface area (Å²) in [5.74, 6) is 6.28. The molecule has 2 aromatic rings. The third kappa shape index (κ3) is 3.91. The number of hydrogen-bond donors (Lipinski definition) is 0. The van der Waals surface area contributed by atoms with Gasteiger partial charge in [0.15, 0.2) is 0 Å². The number of hydrogen-bond acceptors (Lipinski definition) is 1. The second-order valence-corrected chi connectivity index (χ2v) is 4.31. The van der Waals surface area contributed by atoms with E-state index in [1.165, 1.54) is 4.88 Å². The minimum atomic E-state index is 0. The van der Waals surface area contributed by atoms with Gasteiger partial charge in [-0.1, -0.05) is 30.0 Å². The molecule has 0 N–H and O–H groups in total. The normalized spacial score (nSPS) is 8.60. The fraction of sp³-hybridized carbons (Fsp3) is 0.0769. The van der Waals surface area contributed by atoms with Crippen LogP contribution in [0.4, 0.5) is 0 Å². The Labute approximate surface area is 120 Å². The quantitative estimate of drug-likeness (QED) is 0.651. The van der Waals surface area contributed by atoms with E-state index < -0.39 is 0 Å². The third-order valence-electron chi connectivity index (χ3n) is 1.84. The second-order valence-electron chi connectivity index (χ2n) is 3.03. The van der Waals surface area contributed by atoms with Crippen LogP contribution in [0.3, 0.4) is 0 Å². The Morgan fingerprint density at radius 1 is 0.933 bits per heavy atom. The van der Waals surface area contributed by atoms with Gasteiger partial charge in [-0.15, -0.1) is 11.3 Å². The molecule has 0 bridgehead atoms. The first-order chi connectivity index (χ1) is 6.84. The van der Waals surface area contributed by atoms with Gasteiger partial charge in [0, 0.05) is 43.1 Å². The molecule has 0 aliphatic heterocycles. The largest absolute Gasteiger partial charge is 0.132 e. The Bertz CT molecular complexity index is 474. The number of benzene rings is 1. The van der Waals surface area contributed by atoms with Gasteiger partial charge in [0.25, 0.3) is 0 Å². The molecule has 0 fully saturated rings. The van der Waals surface area contributed by atoms with Gasteiger partial charge in [0.05, 0.1) is 4.88 Å². The molecular weight excluding hydrogens is 277 g/mol. The van der Waals surface area contributed by atoms with Gasteiger partial charge in [-0.05, 0) is 31.2 Å². The monoisotopic (exact) mass is 287 g/mol. The fourth-order valence-electron chi connectivity index (χ4n) is 1.16. The second kappa shape index (κ2) is 6.23.